The Morgan fingerprint density at radius 1 is 1.35 bits per heavy atom. The first-order chi connectivity index (χ1) is 11.2. The van der Waals surface area contributed by atoms with Gasteiger partial charge in [-0.05, 0) is 37.3 Å². The maximum absolute atomic E-state index is 9.44. The summed E-state index contributed by atoms with van der Waals surface area (Å²) in [6.45, 7) is 3.45. The molecule has 0 aliphatic carbocycles. The number of imidazole rings is 1. The number of nitriles is 1. The van der Waals surface area contributed by atoms with Crippen molar-refractivity contribution in [3.63, 3.8) is 0 Å². The van der Waals surface area contributed by atoms with E-state index >= 15 is 0 Å². The van der Waals surface area contributed by atoms with Gasteiger partial charge in [0.15, 0.2) is 0 Å². The van der Waals surface area contributed by atoms with E-state index in [1.807, 2.05) is 30.8 Å². The quantitative estimate of drug-likeness (QED) is 0.939. The molecule has 2 aromatic rings. The van der Waals surface area contributed by atoms with Crippen LogP contribution in [0.4, 0.5) is 5.82 Å². The Kier molecular flexibility index (Phi) is 4.58. The number of hydrogen-bond acceptors (Lipinski definition) is 5. The summed E-state index contributed by atoms with van der Waals surface area (Å²) in [5, 5.41) is 12.9. The number of aryl methyl sites for hydroxylation is 2. The normalized spacial score (nSPS) is 16.7. The van der Waals surface area contributed by atoms with Gasteiger partial charge >= 0.3 is 0 Å². The molecule has 1 unspecified atom stereocenters. The Balaban J connectivity index is 1.95. The molecule has 6 heteroatoms. The van der Waals surface area contributed by atoms with Crippen molar-refractivity contribution < 1.29 is 4.74 Å². The van der Waals surface area contributed by atoms with E-state index in [0.29, 0.717) is 17.3 Å². The lowest BCUT2D eigenvalue weighted by molar-refractivity contribution is 0.0594. The number of nitrogens with one attached hydrogen (secondary N) is 1. The number of ether oxygens (including phenoxy) is 1. The van der Waals surface area contributed by atoms with E-state index in [9.17, 15) is 5.26 Å². The van der Waals surface area contributed by atoms with Gasteiger partial charge in [0.1, 0.15) is 17.7 Å². The Morgan fingerprint density at radius 3 is 2.78 bits per heavy atom. The monoisotopic (exact) mass is 311 g/mol. The van der Waals surface area contributed by atoms with Gasteiger partial charge in [-0.25, -0.2) is 9.97 Å². The molecule has 1 fully saturated rings. The van der Waals surface area contributed by atoms with Crippen LogP contribution >= 0.6 is 0 Å². The fourth-order valence-electron chi connectivity index (χ4n) is 3.08. The van der Waals surface area contributed by atoms with Crippen molar-refractivity contribution in [1.29, 1.82) is 5.26 Å². The predicted octanol–water partition coefficient (Wildman–Crippen LogP) is 2.58. The first-order valence-electron chi connectivity index (χ1n) is 7.88. The SMILES string of the molecule is Cc1ccnc(NC(c2nccn2C)C2CCOCC2)c1C#N. The molecule has 1 aliphatic rings. The highest BCUT2D eigenvalue weighted by atomic mass is 16.5. The lowest BCUT2D eigenvalue weighted by Gasteiger charge is -2.31. The van der Waals surface area contributed by atoms with Crippen LogP contribution in [-0.4, -0.2) is 27.7 Å². The van der Waals surface area contributed by atoms with Crippen LogP contribution in [0, 0.1) is 24.2 Å². The van der Waals surface area contributed by atoms with Crippen LogP contribution in [0.15, 0.2) is 24.7 Å². The summed E-state index contributed by atoms with van der Waals surface area (Å²) in [4.78, 5) is 8.90. The molecule has 0 bridgehead atoms. The van der Waals surface area contributed by atoms with E-state index in [1.165, 1.54) is 0 Å². The van der Waals surface area contributed by atoms with Crippen LogP contribution < -0.4 is 5.32 Å². The molecule has 0 spiro atoms. The van der Waals surface area contributed by atoms with E-state index in [2.05, 4.69) is 21.4 Å². The first kappa shape index (κ1) is 15.5. The van der Waals surface area contributed by atoms with Crippen molar-refractivity contribution in [1.82, 2.24) is 14.5 Å². The highest BCUT2D eigenvalue weighted by Gasteiger charge is 2.29. The average Bonchev–Trinajstić information content (AvgIpc) is 2.99. The lowest BCUT2D eigenvalue weighted by Crippen LogP contribution is -2.29. The molecule has 23 heavy (non-hydrogen) atoms. The predicted molar refractivity (Wildman–Crippen MR) is 86.8 cm³/mol. The van der Waals surface area contributed by atoms with E-state index < -0.39 is 0 Å². The smallest absolute Gasteiger partial charge is 0.144 e. The largest absolute Gasteiger partial charge is 0.381 e. The standard InChI is InChI=1S/C17H21N5O/c1-12-3-6-19-16(14(12)11-18)21-15(13-4-9-23-10-5-13)17-20-7-8-22(17)2/h3,6-8,13,15H,4-5,9-10H2,1-2H3,(H,19,21). The summed E-state index contributed by atoms with van der Waals surface area (Å²) in [6.07, 6.45) is 7.42. The summed E-state index contributed by atoms with van der Waals surface area (Å²) >= 11 is 0. The van der Waals surface area contributed by atoms with Crippen molar-refractivity contribution in [2.75, 3.05) is 18.5 Å². The Morgan fingerprint density at radius 2 is 2.13 bits per heavy atom. The van der Waals surface area contributed by atoms with Crippen LogP contribution in [-0.2, 0) is 11.8 Å². The zero-order valence-electron chi connectivity index (χ0n) is 13.5. The van der Waals surface area contributed by atoms with E-state index in [1.54, 1.807) is 12.4 Å². The summed E-state index contributed by atoms with van der Waals surface area (Å²) in [7, 11) is 1.99. The van der Waals surface area contributed by atoms with Crippen molar-refractivity contribution >= 4 is 5.82 Å². The van der Waals surface area contributed by atoms with E-state index in [4.69, 9.17) is 4.74 Å². The molecule has 120 valence electrons. The van der Waals surface area contributed by atoms with Crippen molar-refractivity contribution in [3.05, 3.63) is 41.6 Å². The minimum absolute atomic E-state index is 0.0142. The number of hydrogen-bond donors (Lipinski definition) is 1. The molecule has 3 rings (SSSR count). The first-order valence-corrected chi connectivity index (χ1v) is 7.88. The Bertz CT molecular complexity index is 712. The number of anilines is 1. The second-order valence-corrected chi connectivity index (χ2v) is 5.93. The molecule has 0 aromatic carbocycles. The molecule has 6 nitrogen and oxygen atoms in total. The van der Waals surface area contributed by atoms with Gasteiger partial charge in [-0.3, -0.25) is 0 Å². The third-order valence-corrected chi connectivity index (χ3v) is 4.44. The summed E-state index contributed by atoms with van der Waals surface area (Å²) < 4.78 is 7.51. The highest BCUT2D eigenvalue weighted by Crippen LogP contribution is 2.32. The van der Waals surface area contributed by atoms with Gasteiger partial charge in [0.05, 0.1) is 11.6 Å². The zero-order valence-corrected chi connectivity index (χ0v) is 13.5. The highest BCUT2D eigenvalue weighted by molar-refractivity contribution is 5.56. The lowest BCUT2D eigenvalue weighted by atomic mass is 9.91. The van der Waals surface area contributed by atoms with Gasteiger partial charge in [0.2, 0.25) is 0 Å². The topological polar surface area (TPSA) is 75.8 Å². The van der Waals surface area contributed by atoms with Gasteiger partial charge in [-0.1, -0.05) is 0 Å². The van der Waals surface area contributed by atoms with Gasteiger partial charge in [0.25, 0.3) is 0 Å². The van der Waals surface area contributed by atoms with Gasteiger partial charge in [0, 0.05) is 38.9 Å². The number of nitrogens with zero attached hydrogens (tertiary/aromatic N) is 4. The van der Waals surface area contributed by atoms with Crippen LogP contribution in [0.2, 0.25) is 0 Å². The number of pyridine rings is 1. The minimum atomic E-state index is 0.0142. The maximum Gasteiger partial charge on any atom is 0.144 e. The Hall–Kier alpha value is -2.39. The van der Waals surface area contributed by atoms with Gasteiger partial charge < -0.3 is 14.6 Å². The number of aromatic nitrogens is 3. The molecule has 0 amide bonds. The van der Waals surface area contributed by atoms with E-state index in [-0.39, 0.29) is 6.04 Å². The molecular formula is C17H21N5O. The second kappa shape index (κ2) is 6.80. The van der Waals surface area contributed by atoms with E-state index in [0.717, 1.165) is 37.4 Å². The second-order valence-electron chi connectivity index (χ2n) is 5.93. The minimum Gasteiger partial charge on any atom is -0.381 e. The summed E-state index contributed by atoms with van der Waals surface area (Å²) in [6, 6.07) is 4.12. The Labute approximate surface area is 136 Å². The fraction of sp³-hybridized carbons (Fsp3) is 0.471. The molecular weight excluding hydrogens is 290 g/mol. The fourth-order valence-corrected chi connectivity index (χ4v) is 3.08. The van der Waals surface area contributed by atoms with Crippen LogP contribution in [0.1, 0.15) is 35.8 Å². The van der Waals surface area contributed by atoms with Gasteiger partial charge in [-0.15, -0.1) is 0 Å². The number of rotatable bonds is 4. The average molecular weight is 311 g/mol. The molecule has 1 atom stereocenters. The van der Waals surface area contributed by atoms with Crippen LogP contribution in [0.3, 0.4) is 0 Å². The summed E-state index contributed by atoms with van der Waals surface area (Å²) in [5.74, 6) is 2.00. The summed E-state index contributed by atoms with van der Waals surface area (Å²) in [5.41, 5.74) is 1.52. The van der Waals surface area contributed by atoms with Crippen LogP contribution in [0.5, 0.6) is 0 Å². The molecule has 2 aromatic heterocycles. The van der Waals surface area contributed by atoms with Crippen LogP contribution in [0.25, 0.3) is 0 Å². The third-order valence-electron chi connectivity index (χ3n) is 4.44. The van der Waals surface area contributed by atoms with Crippen molar-refractivity contribution in [3.8, 4) is 6.07 Å². The molecule has 1 N–H and O–H groups in total. The van der Waals surface area contributed by atoms with Crippen molar-refractivity contribution in [2.24, 2.45) is 13.0 Å². The van der Waals surface area contributed by atoms with Crippen molar-refractivity contribution in [2.45, 2.75) is 25.8 Å². The molecule has 1 aliphatic heterocycles. The maximum atomic E-state index is 9.44. The zero-order chi connectivity index (χ0) is 16.2. The molecule has 0 saturated carbocycles. The van der Waals surface area contributed by atoms with Gasteiger partial charge in [-0.2, -0.15) is 5.26 Å². The molecule has 3 heterocycles. The molecule has 0 radical (unpaired) electrons. The molecule has 1 saturated heterocycles. The third kappa shape index (κ3) is 3.20.